The van der Waals surface area contributed by atoms with Gasteiger partial charge in [-0.1, -0.05) is 77.6 Å². The minimum Gasteiger partial charge on any atom is -0.265 e. The monoisotopic (exact) mass is 359 g/mol. The number of fused-ring (bicyclic) bond motifs is 1. The molecule has 0 spiro atoms. The second-order valence-corrected chi connectivity index (χ2v) is 7.26. The van der Waals surface area contributed by atoms with Gasteiger partial charge in [0.15, 0.2) is 0 Å². The molecule has 0 aliphatic rings. The van der Waals surface area contributed by atoms with Gasteiger partial charge in [0.1, 0.15) is 0 Å². The van der Waals surface area contributed by atoms with Crippen LogP contribution in [0.25, 0.3) is 10.9 Å². The lowest BCUT2D eigenvalue weighted by Crippen LogP contribution is -1.99. The van der Waals surface area contributed by atoms with Crippen molar-refractivity contribution in [2.75, 3.05) is 0 Å². The van der Waals surface area contributed by atoms with Gasteiger partial charge in [0, 0.05) is 24.1 Å². The third-order valence-corrected chi connectivity index (χ3v) is 5.06. The van der Waals surface area contributed by atoms with Crippen molar-refractivity contribution in [1.82, 2.24) is 9.78 Å². The van der Waals surface area contributed by atoms with Crippen LogP contribution in [0.1, 0.15) is 84.0 Å². The average Bonchev–Trinajstić information content (AvgIpc) is 3.05. The fourth-order valence-electron chi connectivity index (χ4n) is 3.47. The Morgan fingerprint density at radius 2 is 1.50 bits per heavy atom. The van der Waals surface area contributed by atoms with Gasteiger partial charge in [0.05, 0.1) is 16.6 Å². The summed E-state index contributed by atoms with van der Waals surface area (Å²) in [4.78, 5) is 10.5. The van der Waals surface area contributed by atoms with Crippen molar-refractivity contribution in [3.8, 4) is 0 Å². The molecule has 1 aromatic carbocycles. The van der Waals surface area contributed by atoms with E-state index in [0.29, 0.717) is 0 Å². The van der Waals surface area contributed by atoms with Crippen LogP contribution in [-0.2, 0) is 6.54 Å². The smallest absolute Gasteiger partial charge is 0.265 e. The molecule has 0 unspecified atom stereocenters. The third-order valence-electron chi connectivity index (χ3n) is 5.06. The molecule has 2 rings (SSSR count). The molecule has 0 saturated carbocycles. The summed E-state index contributed by atoms with van der Waals surface area (Å²) in [7, 11) is 0. The molecule has 0 fully saturated rings. The van der Waals surface area contributed by atoms with Crippen LogP contribution >= 0.6 is 0 Å². The first-order valence-corrected chi connectivity index (χ1v) is 10.3. The topological polar surface area (TPSA) is 61.0 Å². The number of nitro benzene ring substituents is 1. The van der Waals surface area contributed by atoms with Crippen molar-refractivity contribution in [2.24, 2.45) is 0 Å². The Hall–Kier alpha value is -1.91. The first-order chi connectivity index (χ1) is 12.7. The van der Waals surface area contributed by atoms with E-state index < -0.39 is 0 Å². The van der Waals surface area contributed by atoms with Crippen molar-refractivity contribution in [1.29, 1.82) is 0 Å². The van der Waals surface area contributed by atoms with Crippen molar-refractivity contribution >= 4 is 16.6 Å². The van der Waals surface area contributed by atoms with E-state index in [4.69, 9.17) is 0 Å². The molecule has 0 aliphatic heterocycles. The second-order valence-electron chi connectivity index (χ2n) is 7.26. The normalized spacial score (nSPS) is 11.3. The molecular weight excluding hydrogens is 326 g/mol. The highest BCUT2D eigenvalue weighted by Crippen LogP contribution is 2.21. The van der Waals surface area contributed by atoms with Crippen LogP contribution in [0, 0.1) is 10.1 Å². The van der Waals surface area contributed by atoms with Crippen LogP contribution in [0.5, 0.6) is 0 Å². The standard InChI is InChI=1S/C21H33N3O2/c1-2-3-4-5-6-7-8-9-10-11-12-13-16-23-21-15-14-20(24(25)26)17-19(21)18-22-23/h14-15,17-18H,2-13,16H2,1H3. The lowest BCUT2D eigenvalue weighted by atomic mass is 10.1. The zero-order chi connectivity index (χ0) is 18.6. The highest BCUT2D eigenvalue weighted by molar-refractivity contribution is 5.81. The van der Waals surface area contributed by atoms with E-state index in [1.165, 1.54) is 70.6 Å². The molecule has 26 heavy (non-hydrogen) atoms. The molecule has 0 amide bonds. The molecule has 2 aromatic rings. The van der Waals surface area contributed by atoms with Crippen molar-refractivity contribution in [3.63, 3.8) is 0 Å². The summed E-state index contributed by atoms with van der Waals surface area (Å²) in [5.74, 6) is 0. The second kappa shape index (κ2) is 11.7. The SMILES string of the molecule is CCCCCCCCCCCCCCn1ncc2cc([N+](=O)[O-])ccc21. The maximum absolute atomic E-state index is 10.8. The third kappa shape index (κ3) is 6.77. The molecule has 0 saturated heterocycles. The van der Waals surface area contributed by atoms with Gasteiger partial charge in [-0.3, -0.25) is 14.8 Å². The maximum atomic E-state index is 10.8. The number of benzene rings is 1. The minimum absolute atomic E-state index is 0.127. The summed E-state index contributed by atoms with van der Waals surface area (Å²) in [5, 5.41) is 16.1. The Bertz CT molecular complexity index is 666. The maximum Gasteiger partial charge on any atom is 0.270 e. The first-order valence-electron chi connectivity index (χ1n) is 10.3. The summed E-state index contributed by atoms with van der Waals surface area (Å²) in [6, 6.07) is 4.96. The largest absolute Gasteiger partial charge is 0.270 e. The average molecular weight is 360 g/mol. The molecule has 144 valence electrons. The van der Waals surface area contributed by atoms with E-state index in [1.54, 1.807) is 24.4 Å². The van der Waals surface area contributed by atoms with Gasteiger partial charge in [0.2, 0.25) is 0 Å². The Kier molecular flexibility index (Phi) is 9.15. The number of nitro groups is 1. The predicted molar refractivity (Wildman–Crippen MR) is 107 cm³/mol. The zero-order valence-electron chi connectivity index (χ0n) is 16.2. The van der Waals surface area contributed by atoms with E-state index in [2.05, 4.69) is 12.0 Å². The summed E-state index contributed by atoms with van der Waals surface area (Å²) in [5.41, 5.74) is 1.11. The van der Waals surface area contributed by atoms with Crippen molar-refractivity contribution < 1.29 is 4.92 Å². The quantitative estimate of drug-likeness (QED) is 0.216. The van der Waals surface area contributed by atoms with Gasteiger partial charge in [-0.15, -0.1) is 0 Å². The fraction of sp³-hybridized carbons (Fsp3) is 0.667. The Balaban J connectivity index is 1.55. The number of unbranched alkanes of at least 4 members (excludes halogenated alkanes) is 11. The first kappa shape index (κ1) is 20.4. The van der Waals surface area contributed by atoms with Crippen LogP contribution in [0.4, 0.5) is 5.69 Å². The molecule has 0 N–H and O–H groups in total. The van der Waals surface area contributed by atoms with E-state index in [0.717, 1.165) is 23.9 Å². The highest BCUT2D eigenvalue weighted by Gasteiger charge is 2.09. The van der Waals surface area contributed by atoms with Crippen LogP contribution in [0.15, 0.2) is 24.4 Å². The number of aryl methyl sites for hydroxylation is 1. The lowest BCUT2D eigenvalue weighted by molar-refractivity contribution is -0.384. The zero-order valence-corrected chi connectivity index (χ0v) is 16.2. The van der Waals surface area contributed by atoms with E-state index in [9.17, 15) is 10.1 Å². The molecule has 1 aromatic heterocycles. The van der Waals surface area contributed by atoms with Crippen LogP contribution in [-0.4, -0.2) is 14.7 Å². The molecule has 0 radical (unpaired) electrons. The molecular formula is C21H33N3O2. The number of non-ortho nitro benzene ring substituents is 1. The molecule has 0 aliphatic carbocycles. The summed E-state index contributed by atoms with van der Waals surface area (Å²) < 4.78 is 1.97. The lowest BCUT2D eigenvalue weighted by Gasteiger charge is -2.05. The molecule has 0 atom stereocenters. The van der Waals surface area contributed by atoms with E-state index in [1.807, 2.05) is 4.68 Å². The summed E-state index contributed by atoms with van der Waals surface area (Å²) in [6.07, 6.45) is 17.8. The van der Waals surface area contributed by atoms with Gasteiger partial charge < -0.3 is 0 Å². The van der Waals surface area contributed by atoms with Crippen LogP contribution in [0.2, 0.25) is 0 Å². The number of aromatic nitrogens is 2. The Morgan fingerprint density at radius 3 is 2.08 bits per heavy atom. The van der Waals surface area contributed by atoms with Gasteiger partial charge in [-0.2, -0.15) is 5.10 Å². The number of hydrogen-bond donors (Lipinski definition) is 0. The molecule has 1 heterocycles. The van der Waals surface area contributed by atoms with E-state index in [-0.39, 0.29) is 10.6 Å². The fourth-order valence-corrected chi connectivity index (χ4v) is 3.47. The molecule has 0 bridgehead atoms. The van der Waals surface area contributed by atoms with Crippen molar-refractivity contribution in [2.45, 2.75) is 90.5 Å². The van der Waals surface area contributed by atoms with Gasteiger partial charge >= 0.3 is 0 Å². The Labute approximate surface area is 156 Å². The minimum atomic E-state index is -0.359. The Morgan fingerprint density at radius 1 is 0.923 bits per heavy atom. The van der Waals surface area contributed by atoms with E-state index >= 15 is 0 Å². The summed E-state index contributed by atoms with van der Waals surface area (Å²) >= 11 is 0. The van der Waals surface area contributed by atoms with Gasteiger partial charge in [0.25, 0.3) is 5.69 Å². The number of rotatable bonds is 14. The summed E-state index contributed by atoms with van der Waals surface area (Å²) in [6.45, 7) is 3.15. The van der Waals surface area contributed by atoms with Crippen LogP contribution < -0.4 is 0 Å². The molecule has 5 heteroatoms. The predicted octanol–water partition coefficient (Wildman–Crippen LogP) is 6.65. The van der Waals surface area contributed by atoms with Crippen molar-refractivity contribution in [3.05, 3.63) is 34.5 Å². The van der Waals surface area contributed by atoms with Gasteiger partial charge in [-0.25, -0.2) is 0 Å². The molecule has 5 nitrogen and oxygen atoms in total. The number of hydrogen-bond acceptors (Lipinski definition) is 3. The number of nitrogens with zero attached hydrogens (tertiary/aromatic N) is 3. The highest BCUT2D eigenvalue weighted by atomic mass is 16.6. The van der Waals surface area contributed by atoms with Gasteiger partial charge in [-0.05, 0) is 12.5 Å². The van der Waals surface area contributed by atoms with Crippen LogP contribution in [0.3, 0.4) is 0 Å².